The molecule has 0 amide bonds. The summed E-state index contributed by atoms with van der Waals surface area (Å²) in [6.45, 7) is 12.1. The molecule has 0 bridgehead atoms. The van der Waals surface area contributed by atoms with Crippen molar-refractivity contribution in [3.63, 3.8) is 0 Å². The van der Waals surface area contributed by atoms with Crippen molar-refractivity contribution in [3.05, 3.63) is 28.8 Å². The van der Waals surface area contributed by atoms with Gasteiger partial charge in [0.05, 0.1) is 5.92 Å². The molecular weight excluding hydrogens is 356 g/mol. The molecule has 0 atom stereocenters. The second-order valence-corrected chi connectivity index (χ2v) is 10.0. The molecule has 5 nitrogen and oxygen atoms in total. The average molecular weight is 391 g/mol. The summed E-state index contributed by atoms with van der Waals surface area (Å²) in [5.74, 6) is -1.05. The number of carboxylic acids is 1. The fourth-order valence-electron chi connectivity index (χ4n) is 3.95. The zero-order valence-corrected chi connectivity index (χ0v) is 18.0. The second kappa shape index (κ2) is 8.14. The quantitative estimate of drug-likeness (QED) is 0.715. The number of hydrogen-bond acceptors (Lipinski definition) is 4. The van der Waals surface area contributed by atoms with Crippen molar-refractivity contribution in [1.29, 1.82) is 0 Å². The van der Waals surface area contributed by atoms with Gasteiger partial charge in [-0.15, -0.1) is 0 Å². The molecule has 0 aliphatic heterocycles. The van der Waals surface area contributed by atoms with Crippen molar-refractivity contribution >= 4 is 11.9 Å². The van der Waals surface area contributed by atoms with E-state index in [9.17, 15) is 14.7 Å². The molecule has 5 heteroatoms. The summed E-state index contributed by atoms with van der Waals surface area (Å²) in [5.41, 5.74) is 2.79. The minimum atomic E-state index is -1.13. The molecule has 1 aromatic carbocycles. The van der Waals surface area contributed by atoms with Crippen molar-refractivity contribution in [2.24, 2.45) is 5.92 Å². The zero-order chi connectivity index (χ0) is 21.3. The molecule has 1 saturated carbocycles. The Hall–Kier alpha value is -2.04. The molecule has 28 heavy (non-hydrogen) atoms. The van der Waals surface area contributed by atoms with Crippen molar-refractivity contribution < 1.29 is 24.5 Å². The first kappa shape index (κ1) is 22.3. The Morgan fingerprint density at radius 2 is 1.43 bits per heavy atom. The number of benzene rings is 1. The van der Waals surface area contributed by atoms with E-state index in [2.05, 4.69) is 53.7 Å². The lowest BCUT2D eigenvalue weighted by Crippen LogP contribution is -2.25. The maximum absolute atomic E-state index is 12.0. The van der Waals surface area contributed by atoms with Gasteiger partial charge in [0, 0.05) is 0 Å². The van der Waals surface area contributed by atoms with Gasteiger partial charge in [0.2, 0.25) is 0 Å². The Bertz CT molecular complexity index is 693. The Balaban J connectivity index is 2.22. The van der Waals surface area contributed by atoms with Gasteiger partial charge in [-0.2, -0.15) is 0 Å². The van der Waals surface area contributed by atoms with Crippen molar-refractivity contribution in [2.45, 2.75) is 84.0 Å². The zero-order valence-electron chi connectivity index (χ0n) is 18.0. The fourth-order valence-corrected chi connectivity index (χ4v) is 3.95. The highest BCUT2D eigenvalue weighted by Crippen LogP contribution is 2.44. The molecule has 1 aromatic rings. The molecule has 0 saturated heterocycles. The standard InChI is InChI=1S/C23H34O5/c1-22(2,3)17-11-16(12-18(20(17)26)23(4,5)6)14-7-9-15(10-8-14)21(27)28-13-19(24)25/h11-12,14-15,26H,7-10,13H2,1-6H3,(H,24,25). The largest absolute Gasteiger partial charge is 0.507 e. The van der Waals surface area contributed by atoms with Gasteiger partial charge in [0.25, 0.3) is 0 Å². The molecule has 0 heterocycles. The molecular formula is C23H34O5. The molecule has 0 radical (unpaired) electrons. The third-order valence-electron chi connectivity index (χ3n) is 5.62. The maximum atomic E-state index is 12.0. The summed E-state index contributed by atoms with van der Waals surface area (Å²) in [6, 6.07) is 4.25. The number of aromatic hydroxyl groups is 1. The third kappa shape index (κ3) is 5.27. The van der Waals surface area contributed by atoms with Crippen LogP contribution in [-0.4, -0.2) is 28.8 Å². The van der Waals surface area contributed by atoms with Crippen molar-refractivity contribution in [1.82, 2.24) is 0 Å². The summed E-state index contributed by atoms with van der Waals surface area (Å²) in [4.78, 5) is 22.6. The van der Waals surface area contributed by atoms with E-state index in [1.165, 1.54) is 5.56 Å². The van der Waals surface area contributed by atoms with Gasteiger partial charge in [-0.25, -0.2) is 4.79 Å². The average Bonchev–Trinajstić information content (AvgIpc) is 2.58. The van der Waals surface area contributed by atoms with Crippen LogP contribution in [0.4, 0.5) is 0 Å². The molecule has 1 fully saturated rings. The molecule has 2 N–H and O–H groups in total. The van der Waals surface area contributed by atoms with Gasteiger partial charge >= 0.3 is 11.9 Å². The lowest BCUT2D eigenvalue weighted by atomic mass is 9.73. The number of hydrogen-bond donors (Lipinski definition) is 2. The van der Waals surface area contributed by atoms with Crippen LogP contribution in [-0.2, 0) is 25.2 Å². The SMILES string of the molecule is CC(C)(C)c1cc(C2CCC(C(=O)OCC(=O)O)CC2)cc(C(C)(C)C)c1O. The van der Waals surface area contributed by atoms with Gasteiger partial charge in [-0.05, 0) is 59.1 Å². The van der Waals surface area contributed by atoms with Crippen molar-refractivity contribution in [2.75, 3.05) is 6.61 Å². The van der Waals surface area contributed by atoms with Crippen LogP contribution in [0, 0.1) is 5.92 Å². The first-order valence-corrected chi connectivity index (χ1v) is 10.1. The molecule has 2 rings (SSSR count). The number of carbonyl (C=O) groups is 2. The van der Waals surface area contributed by atoms with Crippen LogP contribution in [0.25, 0.3) is 0 Å². The number of ether oxygens (including phenoxy) is 1. The molecule has 0 aromatic heterocycles. The summed E-state index contributed by atoms with van der Waals surface area (Å²) < 4.78 is 4.86. The highest BCUT2D eigenvalue weighted by atomic mass is 16.5. The van der Waals surface area contributed by atoms with E-state index in [4.69, 9.17) is 9.84 Å². The third-order valence-corrected chi connectivity index (χ3v) is 5.62. The number of aliphatic carboxylic acids is 1. The first-order chi connectivity index (χ1) is 12.8. The lowest BCUT2D eigenvalue weighted by molar-refractivity contribution is -0.159. The van der Waals surface area contributed by atoms with E-state index in [-0.39, 0.29) is 16.7 Å². The van der Waals surface area contributed by atoms with E-state index in [0.29, 0.717) is 24.5 Å². The first-order valence-electron chi connectivity index (χ1n) is 10.1. The molecule has 156 valence electrons. The van der Waals surface area contributed by atoms with Crippen LogP contribution < -0.4 is 0 Å². The van der Waals surface area contributed by atoms with Crippen molar-refractivity contribution in [3.8, 4) is 5.75 Å². The number of rotatable bonds is 4. The number of carbonyl (C=O) groups excluding carboxylic acids is 1. The smallest absolute Gasteiger partial charge is 0.341 e. The monoisotopic (exact) mass is 390 g/mol. The molecule has 0 spiro atoms. The van der Waals surface area contributed by atoms with E-state index in [1.54, 1.807) is 0 Å². The molecule has 0 unspecified atom stereocenters. The second-order valence-electron chi connectivity index (χ2n) is 10.0. The Labute approximate surface area is 168 Å². The van der Waals surface area contributed by atoms with Crippen LogP contribution in [0.5, 0.6) is 5.75 Å². The van der Waals surface area contributed by atoms with Crippen LogP contribution in [0.3, 0.4) is 0 Å². The predicted octanol–water partition coefficient (Wildman–Crippen LogP) is 4.89. The number of phenolic OH excluding ortho intramolecular Hbond substituents is 1. The van der Waals surface area contributed by atoms with Crippen LogP contribution in [0.1, 0.15) is 89.8 Å². The molecule has 1 aliphatic rings. The molecule has 1 aliphatic carbocycles. The summed E-state index contributed by atoms with van der Waals surface area (Å²) in [5, 5.41) is 19.6. The summed E-state index contributed by atoms with van der Waals surface area (Å²) in [7, 11) is 0. The summed E-state index contributed by atoms with van der Waals surface area (Å²) >= 11 is 0. The van der Waals surface area contributed by atoms with Crippen LogP contribution in [0.15, 0.2) is 12.1 Å². The van der Waals surface area contributed by atoms with Crippen LogP contribution in [0.2, 0.25) is 0 Å². The van der Waals surface area contributed by atoms with Crippen LogP contribution >= 0.6 is 0 Å². The predicted molar refractivity (Wildman–Crippen MR) is 109 cm³/mol. The van der Waals surface area contributed by atoms with Gasteiger partial charge in [-0.3, -0.25) is 4.79 Å². The van der Waals surface area contributed by atoms with E-state index < -0.39 is 18.5 Å². The van der Waals surface area contributed by atoms with E-state index >= 15 is 0 Å². The summed E-state index contributed by atoms with van der Waals surface area (Å²) in [6.07, 6.45) is 3.09. The highest BCUT2D eigenvalue weighted by Gasteiger charge is 2.32. The van der Waals surface area contributed by atoms with Gasteiger partial charge < -0.3 is 14.9 Å². The lowest BCUT2D eigenvalue weighted by Gasteiger charge is -2.32. The Morgan fingerprint density at radius 1 is 0.964 bits per heavy atom. The normalized spacial score (nSPS) is 20.6. The number of carboxylic acid groups (broad SMARTS) is 1. The number of esters is 1. The minimum Gasteiger partial charge on any atom is -0.507 e. The van der Waals surface area contributed by atoms with E-state index in [1.807, 2.05) is 0 Å². The van der Waals surface area contributed by atoms with Gasteiger partial charge in [-0.1, -0.05) is 53.7 Å². The van der Waals surface area contributed by atoms with Gasteiger partial charge in [0.1, 0.15) is 5.75 Å². The topological polar surface area (TPSA) is 83.8 Å². The Kier molecular flexibility index (Phi) is 6.47. The maximum Gasteiger partial charge on any atom is 0.341 e. The number of phenols is 1. The minimum absolute atomic E-state index is 0.169. The van der Waals surface area contributed by atoms with E-state index in [0.717, 1.165) is 24.0 Å². The Morgan fingerprint density at radius 3 is 1.82 bits per heavy atom. The fraction of sp³-hybridized carbons (Fsp3) is 0.652. The van der Waals surface area contributed by atoms with Gasteiger partial charge in [0.15, 0.2) is 6.61 Å². The highest BCUT2D eigenvalue weighted by molar-refractivity contribution is 5.76.